The summed E-state index contributed by atoms with van der Waals surface area (Å²) in [5, 5.41) is 7.37. The first-order valence-corrected chi connectivity index (χ1v) is 10.5. The van der Waals surface area contributed by atoms with Gasteiger partial charge in [0.1, 0.15) is 5.82 Å². The van der Waals surface area contributed by atoms with Crippen molar-refractivity contribution in [1.29, 1.82) is 0 Å². The highest BCUT2D eigenvalue weighted by Crippen LogP contribution is 2.20. The molecule has 4 rings (SSSR count). The highest BCUT2D eigenvalue weighted by Gasteiger charge is 2.18. The summed E-state index contributed by atoms with van der Waals surface area (Å²) in [5.41, 5.74) is 1.67. The van der Waals surface area contributed by atoms with Gasteiger partial charge in [0.05, 0.1) is 10.4 Å². The summed E-state index contributed by atoms with van der Waals surface area (Å²) in [6.07, 6.45) is 0. The molecule has 32 heavy (non-hydrogen) atoms. The molecule has 0 saturated carbocycles. The number of rotatable bonds is 6. The van der Waals surface area contributed by atoms with Gasteiger partial charge in [0, 0.05) is 22.5 Å². The van der Waals surface area contributed by atoms with Crippen molar-refractivity contribution in [2.45, 2.75) is 0 Å². The summed E-state index contributed by atoms with van der Waals surface area (Å²) < 4.78 is 13.2. The van der Waals surface area contributed by atoms with Gasteiger partial charge in [-0.2, -0.15) is 0 Å². The first-order chi connectivity index (χ1) is 15.5. The quantitative estimate of drug-likeness (QED) is 0.379. The lowest BCUT2D eigenvalue weighted by Crippen LogP contribution is -2.17. The van der Waals surface area contributed by atoms with Crippen LogP contribution in [0.2, 0.25) is 0 Å². The van der Waals surface area contributed by atoms with Gasteiger partial charge in [0.2, 0.25) is 0 Å². The minimum absolute atomic E-state index is 0.190. The summed E-state index contributed by atoms with van der Waals surface area (Å²) in [4.78, 5) is 38.6. The van der Waals surface area contributed by atoms with Crippen LogP contribution < -0.4 is 10.6 Å². The molecule has 4 aromatic rings. The molecule has 0 aliphatic carbocycles. The largest absolute Gasteiger partial charge is 0.322 e. The van der Waals surface area contributed by atoms with E-state index in [1.165, 1.54) is 35.6 Å². The topological polar surface area (TPSA) is 75.3 Å². The zero-order chi connectivity index (χ0) is 22.5. The van der Waals surface area contributed by atoms with Gasteiger partial charge in [0.15, 0.2) is 5.78 Å². The highest BCUT2D eigenvalue weighted by atomic mass is 32.1. The number of halogens is 1. The van der Waals surface area contributed by atoms with Crippen LogP contribution in [0.25, 0.3) is 0 Å². The molecule has 158 valence electrons. The SMILES string of the molecule is O=C(Nc1cccc(NC(=O)c2ccccc2C(=O)c2ccc(F)cc2)c1)c1cccs1. The van der Waals surface area contributed by atoms with Crippen molar-refractivity contribution in [3.63, 3.8) is 0 Å². The Morgan fingerprint density at radius 2 is 1.34 bits per heavy atom. The maximum Gasteiger partial charge on any atom is 0.265 e. The molecule has 0 aliphatic heterocycles. The maximum absolute atomic E-state index is 13.2. The van der Waals surface area contributed by atoms with Gasteiger partial charge in [-0.15, -0.1) is 11.3 Å². The number of anilines is 2. The molecule has 0 unspecified atom stereocenters. The van der Waals surface area contributed by atoms with Crippen LogP contribution in [0.3, 0.4) is 0 Å². The van der Waals surface area contributed by atoms with E-state index in [2.05, 4.69) is 10.6 Å². The van der Waals surface area contributed by atoms with Crippen LogP contribution in [0.1, 0.15) is 36.0 Å². The normalized spacial score (nSPS) is 10.4. The second-order valence-electron chi connectivity index (χ2n) is 6.85. The van der Waals surface area contributed by atoms with Crippen LogP contribution in [0.4, 0.5) is 15.8 Å². The van der Waals surface area contributed by atoms with Gasteiger partial charge in [-0.05, 0) is 60.0 Å². The third-order valence-electron chi connectivity index (χ3n) is 4.65. The summed E-state index contributed by atoms with van der Waals surface area (Å²) in [6.45, 7) is 0. The van der Waals surface area contributed by atoms with E-state index in [0.29, 0.717) is 16.3 Å². The fraction of sp³-hybridized carbons (Fsp3) is 0. The van der Waals surface area contributed by atoms with Crippen molar-refractivity contribution in [2.75, 3.05) is 10.6 Å². The maximum atomic E-state index is 13.2. The molecule has 0 spiro atoms. The number of carbonyl (C=O) groups excluding carboxylic acids is 3. The predicted octanol–water partition coefficient (Wildman–Crippen LogP) is 5.62. The van der Waals surface area contributed by atoms with E-state index < -0.39 is 11.7 Å². The van der Waals surface area contributed by atoms with Crippen LogP contribution in [-0.4, -0.2) is 17.6 Å². The van der Waals surface area contributed by atoms with Gasteiger partial charge in [-0.1, -0.05) is 30.3 Å². The third kappa shape index (κ3) is 4.79. The summed E-state index contributed by atoms with van der Waals surface area (Å²) >= 11 is 1.33. The molecule has 0 radical (unpaired) electrons. The van der Waals surface area contributed by atoms with E-state index in [1.807, 2.05) is 5.38 Å². The number of hydrogen-bond donors (Lipinski definition) is 2. The molecular weight excluding hydrogens is 427 g/mol. The van der Waals surface area contributed by atoms with Crippen molar-refractivity contribution < 1.29 is 18.8 Å². The van der Waals surface area contributed by atoms with E-state index in [9.17, 15) is 18.8 Å². The van der Waals surface area contributed by atoms with Crippen LogP contribution >= 0.6 is 11.3 Å². The zero-order valence-corrected chi connectivity index (χ0v) is 17.5. The molecule has 0 saturated heterocycles. The van der Waals surface area contributed by atoms with Gasteiger partial charge in [-0.3, -0.25) is 14.4 Å². The average molecular weight is 444 g/mol. The number of hydrogen-bond acceptors (Lipinski definition) is 4. The van der Waals surface area contributed by atoms with Crippen molar-refractivity contribution in [3.8, 4) is 0 Å². The molecule has 1 aromatic heterocycles. The van der Waals surface area contributed by atoms with Crippen molar-refractivity contribution >= 4 is 40.3 Å². The molecule has 5 nitrogen and oxygen atoms in total. The molecule has 3 aromatic carbocycles. The molecule has 2 amide bonds. The molecular formula is C25H17FN2O3S. The Bertz CT molecular complexity index is 1280. The second kappa shape index (κ2) is 9.36. The van der Waals surface area contributed by atoms with Gasteiger partial charge in [-0.25, -0.2) is 4.39 Å². The Morgan fingerprint density at radius 3 is 2.00 bits per heavy atom. The average Bonchev–Trinajstić information content (AvgIpc) is 3.35. The number of ketones is 1. The predicted molar refractivity (Wildman–Crippen MR) is 123 cm³/mol. The van der Waals surface area contributed by atoms with Crippen LogP contribution in [0.15, 0.2) is 90.3 Å². The Kier molecular flexibility index (Phi) is 6.19. The standard InChI is InChI=1S/C25H17FN2O3S/c26-17-12-10-16(11-13-17)23(29)20-7-1-2-8-21(20)24(30)27-18-5-3-6-19(15-18)28-25(31)22-9-4-14-32-22/h1-15H,(H,27,30)(H,28,31). The summed E-state index contributed by atoms with van der Waals surface area (Å²) in [5.74, 6) is -1.54. The van der Waals surface area contributed by atoms with Crippen molar-refractivity contribution in [2.24, 2.45) is 0 Å². The lowest BCUT2D eigenvalue weighted by molar-refractivity contribution is 0.0996. The highest BCUT2D eigenvalue weighted by molar-refractivity contribution is 7.12. The molecule has 0 atom stereocenters. The van der Waals surface area contributed by atoms with Crippen LogP contribution in [-0.2, 0) is 0 Å². The second-order valence-corrected chi connectivity index (χ2v) is 7.80. The van der Waals surface area contributed by atoms with Crippen molar-refractivity contribution in [3.05, 3.63) is 118 Å². The van der Waals surface area contributed by atoms with E-state index in [-0.39, 0.29) is 28.4 Å². The van der Waals surface area contributed by atoms with E-state index in [0.717, 1.165) is 0 Å². The molecule has 1 heterocycles. The number of carbonyl (C=O) groups is 3. The van der Waals surface area contributed by atoms with Crippen LogP contribution in [0.5, 0.6) is 0 Å². The van der Waals surface area contributed by atoms with E-state index >= 15 is 0 Å². The molecule has 0 fully saturated rings. The van der Waals surface area contributed by atoms with Crippen LogP contribution in [0, 0.1) is 5.82 Å². The Morgan fingerprint density at radius 1 is 0.688 bits per heavy atom. The first-order valence-electron chi connectivity index (χ1n) is 9.67. The molecule has 0 bridgehead atoms. The van der Waals surface area contributed by atoms with Gasteiger partial charge >= 0.3 is 0 Å². The monoisotopic (exact) mass is 444 g/mol. The van der Waals surface area contributed by atoms with E-state index in [4.69, 9.17) is 0 Å². The third-order valence-corrected chi connectivity index (χ3v) is 5.51. The van der Waals surface area contributed by atoms with Crippen molar-refractivity contribution in [1.82, 2.24) is 0 Å². The van der Waals surface area contributed by atoms with E-state index in [1.54, 1.807) is 60.7 Å². The Labute approximate surface area is 187 Å². The number of amides is 2. The summed E-state index contributed by atoms with van der Waals surface area (Å²) in [7, 11) is 0. The number of benzene rings is 3. The Balaban J connectivity index is 1.53. The fourth-order valence-electron chi connectivity index (χ4n) is 3.11. The smallest absolute Gasteiger partial charge is 0.265 e. The zero-order valence-electron chi connectivity index (χ0n) is 16.7. The lowest BCUT2D eigenvalue weighted by atomic mass is 9.98. The minimum atomic E-state index is -0.474. The van der Waals surface area contributed by atoms with Gasteiger partial charge < -0.3 is 10.6 Å². The summed E-state index contributed by atoms with van der Waals surface area (Å²) in [6, 6.07) is 21.8. The number of thiophene rings is 1. The number of nitrogens with one attached hydrogen (secondary N) is 2. The Hall–Kier alpha value is -4.10. The fourth-order valence-corrected chi connectivity index (χ4v) is 3.73. The molecule has 7 heteroatoms. The minimum Gasteiger partial charge on any atom is -0.322 e. The molecule has 0 aliphatic rings. The molecule has 2 N–H and O–H groups in total. The van der Waals surface area contributed by atoms with Gasteiger partial charge in [0.25, 0.3) is 11.8 Å². The lowest BCUT2D eigenvalue weighted by Gasteiger charge is -2.11. The first kappa shape index (κ1) is 21.1.